The molecule has 0 aromatic carbocycles. The van der Waals surface area contributed by atoms with Crippen LogP contribution in [0.15, 0.2) is 0 Å². The van der Waals surface area contributed by atoms with Gasteiger partial charge in [0.05, 0.1) is 0 Å². The molecule has 18 heavy (non-hydrogen) atoms. The Labute approximate surface area is 105 Å². The Hall–Kier alpha value is -1.46. The van der Waals surface area contributed by atoms with Crippen molar-refractivity contribution in [1.82, 2.24) is 20.2 Å². The molecule has 6 heteroatoms. The number of hydrogen-bond donors (Lipinski definition) is 0. The number of anilines is 1. The van der Waals surface area contributed by atoms with E-state index in [4.69, 9.17) is 0 Å². The standard InChI is InChI=1S/C12H17N5O/c18-11(7-9-3-2-8-6-10(8)9)16-4-1-5-17-12(16)13-14-15-17/h8-10H,1-7H2. The quantitative estimate of drug-likeness (QED) is 0.777. The summed E-state index contributed by atoms with van der Waals surface area (Å²) in [4.78, 5) is 14.2. The fourth-order valence-electron chi connectivity index (χ4n) is 3.66. The Morgan fingerprint density at radius 1 is 1.33 bits per heavy atom. The maximum absolute atomic E-state index is 12.4. The highest BCUT2D eigenvalue weighted by Gasteiger charge is 2.48. The van der Waals surface area contributed by atoms with Gasteiger partial charge in [-0.25, -0.2) is 4.68 Å². The van der Waals surface area contributed by atoms with Crippen LogP contribution in [0.5, 0.6) is 0 Å². The first-order valence-electron chi connectivity index (χ1n) is 6.89. The van der Waals surface area contributed by atoms with Crippen LogP contribution in [-0.4, -0.2) is 32.7 Å². The van der Waals surface area contributed by atoms with E-state index in [0.717, 1.165) is 31.3 Å². The summed E-state index contributed by atoms with van der Waals surface area (Å²) in [6, 6.07) is 0. The van der Waals surface area contributed by atoms with E-state index in [-0.39, 0.29) is 5.91 Å². The lowest BCUT2D eigenvalue weighted by molar-refractivity contribution is -0.119. The van der Waals surface area contributed by atoms with Gasteiger partial charge >= 0.3 is 0 Å². The average Bonchev–Trinajstić information content (AvgIpc) is 2.83. The molecule has 4 rings (SSSR count). The van der Waals surface area contributed by atoms with Gasteiger partial charge in [-0.2, -0.15) is 0 Å². The van der Waals surface area contributed by atoms with Gasteiger partial charge in [-0.05, 0) is 53.9 Å². The van der Waals surface area contributed by atoms with E-state index in [1.165, 1.54) is 19.3 Å². The number of carbonyl (C=O) groups is 1. The lowest BCUT2D eigenvalue weighted by Crippen LogP contribution is -2.39. The maximum Gasteiger partial charge on any atom is 0.252 e. The van der Waals surface area contributed by atoms with Crippen molar-refractivity contribution in [3.8, 4) is 0 Å². The number of aromatic nitrogens is 4. The van der Waals surface area contributed by atoms with E-state index < -0.39 is 0 Å². The first-order valence-corrected chi connectivity index (χ1v) is 6.89. The van der Waals surface area contributed by atoms with Gasteiger partial charge in [0.2, 0.25) is 5.91 Å². The Balaban J connectivity index is 1.49. The normalized spacial score (nSPS) is 33.1. The first-order chi connectivity index (χ1) is 8.83. The number of nitrogens with zero attached hydrogens (tertiary/aromatic N) is 5. The Kier molecular flexibility index (Phi) is 2.19. The molecule has 0 saturated heterocycles. The second kappa shape index (κ2) is 3.76. The van der Waals surface area contributed by atoms with Gasteiger partial charge in [-0.3, -0.25) is 9.69 Å². The van der Waals surface area contributed by atoms with E-state index in [1.807, 2.05) is 0 Å². The summed E-state index contributed by atoms with van der Waals surface area (Å²) in [6.07, 6.45) is 5.56. The molecule has 0 bridgehead atoms. The van der Waals surface area contributed by atoms with Crippen LogP contribution >= 0.6 is 0 Å². The number of aryl methyl sites for hydroxylation is 1. The van der Waals surface area contributed by atoms with Gasteiger partial charge in [0.15, 0.2) is 0 Å². The smallest absolute Gasteiger partial charge is 0.252 e. The second-order valence-electron chi connectivity index (χ2n) is 5.80. The molecule has 1 aliphatic heterocycles. The maximum atomic E-state index is 12.4. The van der Waals surface area contributed by atoms with Gasteiger partial charge in [0.25, 0.3) is 5.95 Å². The van der Waals surface area contributed by atoms with E-state index >= 15 is 0 Å². The molecule has 0 radical (unpaired) electrons. The summed E-state index contributed by atoms with van der Waals surface area (Å²) in [7, 11) is 0. The van der Waals surface area contributed by atoms with Gasteiger partial charge in [0, 0.05) is 19.5 Å². The minimum Gasteiger partial charge on any atom is -0.279 e. The topological polar surface area (TPSA) is 63.9 Å². The number of carbonyl (C=O) groups excluding carboxylic acids is 1. The molecule has 1 amide bonds. The molecule has 2 fully saturated rings. The summed E-state index contributed by atoms with van der Waals surface area (Å²) >= 11 is 0. The van der Waals surface area contributed by atoms with Crippen molar-refractivity contribution in [2.75, 3.05) is 11.4 Å². The molecule has 2 saturated carbocycles. The summed E-state index contributed by atoms with van der Waals surface area (Å²) in [5.41, 5.74) is 0. The average molecular weight is 247 g/mol. The minimum absolute atomic E-state index is 0.211. The molecule has 1 aromatic heterocycles. The monoisotopic (exact) mass is 247 g/mol. The van der Waals surface area contributed by atoms with Crippen LogP contribution in [0.3, 0.4) is 0 Å². The highest BCUT2D eigenvalue weighted by atomic mass is 16.2. The third kappa shape index (κ3) is 1.54. The van der Waals surface area contributed by atoms with E-state index in [2.05, 4.69) is 15.5 Å². The molecule has 6 nitrogen and oxygen atoms in total. The molecule has 1 aromatic rings. The molecule has 2 heterocycles. The van der Waals surface area contributed by atoms with Crippen molar-refractivity contribution in [3.63, 3.8) is 0 Å². The molecular formula is C12H17N5O. The molecule has 0 spiro atoms. The second-order valence-corrected chi connectivity index (χ2v) is 5.80. The lowest BCUT2D eigenvalue weighted by Gasteiger charge is -2.26. The van der Waals surface area contributed by atoms with Crippen LogP contribution in [0.4, 0.5) is 5.95 Å². The Morgan fingerprint density at radius 3 is 3.06 bits per heavy atom. The molecule has 96 valence electrons. The number of rotatable bonds is 2. The highest BCUT2D eigenvalue weighted by molar-refractivity contribution is 5.92. The number of hydrogen-bond acceptors (Lipinski definition) is 4. The fourth-order valence-corrected chi connectivity index (χ4v) is 3.66. The Bertz CT molecular complexity index is 485. The Morgan fingerprint density at radius 2 is 2.28 bits per heavy atom. The van der Waals surface area contributed by atoms with Crippen LogP contribution in [-0.2, 0) is 11.3 Å². The molecule has 3 unspecified atom stereocenters. The predicted molar refractivity (Wildman–Crippen MR) is 63.7 cm³/mol. The zero-order chi connectivity index (χ0) is 12.1. The SMILES string of the molecule is O=C(CC1CCC2CC12)N1CCCn2nnnc21. The van der Waals surface area contributed by atoms with Gasteiger partial charge < -0.3 is 0 Å². The molecule has 3 atom stereocenters. The molecule has 2 aliphatic carbocycles. The van der Waals surface area contributed by atoms with Crippen molar-refractivity contribution >= 4 is 11.9 Å². The molecule has 3 aliphatic rings. The number of tetrazole rings is 1. The largest absolute Gasteiger partial charge is 0.279 e. The minimum atomic E-state index is 0.211. The van der Waals surface area contributed by atoms with Crippen LogP contribution in [0.25, 0.3) is 0 Å². The predicted octanol–water partition coefficient (Wildman–Crippen LogP) is 0.846. The zero-order valence-electron chi connectivity index (χ0n) is 10.3. The highest BCUT2D eigenvalue weighted by Crippen LogP contribution is 2.56. The summed E-state index contributed by atoms with van der Waals surface area (Å²) < 4.78 is 1.73. The summed E-state index contributed by atoms with van der Waals surface area (Å²) in [5.74, 6) is 3.25. The van der Waals surface area contributed by atoms with Crippen molar-refractivity contribution in [2.45, 2.75) is 38.6 Å². The third-order valence-electron chi connectivity index (χ3n) is 4.73. The van der Waals surface area contributed by atoms with E-state index in [1.54, 1.807) is 9.58 Å². The van der Waals surface area contributed by atoms with Crippen LogP contribution < -0.4 is 4.90 Å². The van der Waals surface area contributed by atoms with Gasteiger partial charge in [0.1, 0.15) is 0 Å². The van der Waals surface area contributed by atoms with Crippen LogP contribution in [0, 0.1) is 17.8 Å². The number of amides is 1. The molecule has 0 N–H and O–H groups in total. The van der Waals surface area contributed by atoms with Gasteiger partial charge in [-0.1, -0.05) is 5.10 Å². The van der Waals surface area contributed by atoms with Crippen LogP contribution in [0.1, 0.15) is 32.1 Å². The fraction of sp³-hybridized carbons (Fsp3) is 0.833. The first kappa shape index (κ1) is 10.5. The van der Waals surface area contributed by atoms with Crippen molar-refractivity contribution < 1.29 is 4.79 Å². The van der Waals surface area contributed by atoms with Crippen molar-refractivity contribution in [3.05, 3.63) is 0 Å². The lowest BCUT2D eigenvalue weighted by atomic mass is 9.99. The van der Waals surface area contributed by atoms with Crippen molar-refractivity contribution in [2.24, 2.45) is 17.8 Å². The molecular weight excluding hydrogens is 230 g/mol. The van der Waals surface area contributed by atoms with E-state index in [0.29, 0.717) is 18.3 Å². The van der Waals surface area contributed by atoms with Crippen molar-refractivity contribution in [1.29, 1.82) is 0 Å². The zero-order valence-corrected chi connectivity index (χ0v) is 10.3. The van der Waals surface area contributed by atoms with E-state index in [9.17, 15) is 4.79 Å². The summed E-state index contributed by atoms with van der Waals surface area (Å²) in [6.45, 7) is 1.58. The third-order valence-corrected chi connectivity index (χ3v) is 4.73. The number of fused-ring (bicyclic) bond motifs is 2. The van der Waals surface area contributed by atoms with Crippen LogP contribution in [0.2, 0.25) is 0 Å². The summed E-state index contributed by atoms with van der Waals surface area (Å²) in [5, 5.41) is 11.5. The van der Waals surface area contributed by atoms with Gasteiger partial charge in [-0.15, -0.1) is 0 Å².